The van der Waals surface area contributed by atoms with Crippen molar-refractivity contribution in [1.29, 1.82) is 0 Å². The van der Waals surface area contributed by atoms with Gasteiger partial charge in [-0.05, 0) is 5.56 Å². The number of likely N-dealkylation sites (tertiary alicyclic amines) is 1. The maximum Gasteiger partial charge on any atom is 0.317 e. The van der Waals surface area contributed by atoms with Crippen molar-refractivity contribution in [1.82, 2.24) is 20.2 Å². The highest BCUT2D eigenvalue weighted by Gasteiger charge is 2.27. The molecule has 3 rings (SSSR count). The van der Waals surface area contributed by atoms with Gasteiger partial charge in [-0.15, -0.1) is 0 Å². The number of hydrogen-bond donors (Lipinski definition) is 1. The van der Waals surface area contributed by atoms with Crippen LogP contribution in [0.25, 0.3) is 0 Å². The van der Waals surface area contributed by atoms with Crippen molar-refractivity contribution >= 4 is 6.03 Å². The average molecular weight is 298 g/mol. The predicted octanol–water partition coefficient (Wildman–Crippen LogP) is 1.84. The number of urea groups is 1. The Morgan fingerprint density at radius 2 is 2.18 bits per heavy atom. The van der Waals surface area contributed by atoms with Gasteiger partial charge >= 0.3 is 6.03 Å². The number of carbonyl (C=O) groups excluding carboxylic acids is 1. The van der Waals surface area contributed by atoms with Crippen molar-refractivity contribution < 1.29 is 9.53 Å². The van der Waals surface area contributed by atoms with Crippen molar-refractivity contribution in [2.75, 3.05) is 13.1 Å². The third-order valence-electron chi connectivity index (χ3n) is 3.55. The highest BCUT2D eigenvalue weighted by Crippen LogP contribution is 2.15. The molecule has 0 aliphatic carbocycles. The van der Waals surface area contributed by atoms with E-state index >= 15 is 0 Å². The van der Waals surface area contributed by atoms with E-state index < -0.39 is 0 Å². The lowest BCUT2D eigenvalue weighted by Crippen LogP contribution is -2.39. The van der Waals surface area contributed by atoms with Crippen molar-refractivity contribution in [3.8, 4) is 5.88 Å². The first kappa shape index (κ1) is 14.3. The molecule has 1 aliphatic heterocycles. The minimum atomic E-state index is -0.0610. The van der Waals surface area contributed by atoms with Crippen molar-refractivity contribution in [3.05, 3.63) is 54.5 Å². The first-order valence-corrected chi connectivity index (χ1v) is 7.30. The summed E-state index contributed by atoms with van der Waals surface area (Å²) in [4.78, 5) is 22.0. The van der Waals surface area contributed by atoms with Crippen LogP contribution in [0.2, 0.25) is 0 Å². The number of carbonyl (C=O) groups is 1. The van der Waals surface area contributed by atoms with E-state index in [1.54, 1.807) is 23.5 Å². The van der Waals surface area contributed by atoms with Gasteiger partial charge in [0, 0.05) is 31.9 Å². The van der Waals surface area contributed by atoms with Gasteiger partial charge in [-0.3, -0.25) is 4.98 Å². The van der Waals surface area contributed by atoms with E-state index in [1.165, 1.54) is 0 Å². The zero-order valence-corrected chi connectivity index (χ0v) is 12.2. The Bertz CT molecular complexity index is 606. The fraction of sp³-hybridized carbons (Fsp3) is 0.312. The van der Waals surface area contributed by atoms with Gasteiger partial charge in [0.1, 0.15) is 6.10 Å². The molecule has 22 heavy (non-hydrogen) atoms. The molecule has 114 valence electrons. The normalized spacial score (nSPS) is 17.3. The Balaban J connectivity index is 1.46. The van der Waals surface area contributed by atoms with Gasteiger partial charge in [-0.1, -0.05) is 30.3 Å². The SMILES string of the molecule is O=C(NCc1ccccc1)N1CCC(Oc2cnccn2)C1. The Hall–Kier alpha value is -2.63. The van der Waals surface area contributed by atoms with E-state index in [0.717, 1.165) is 12.0 Å². The van der Waals surface area contributed by atoms with Gasteiger partial charge in [0.2, 0.25) is 5.88 Å². The van der Waals surface area contributed by atoms with Gasteiger partial charge in [0.15, 0.2) is 0 Å². The molecule has 2 aromatic rings. The third kappa shape index (κ3) is 3.72. The number of nitrogens with zero attached hydrogens (tertiary/aromatic N) is 3. The molecule has 1 atom stereocenters. The number of ether oxygens (including phenoxy) is 1. The molecule has 1 aromatic heterocycles. The van der Waals surface area contributed by atoms with E-state index in [9.17, 15) is 4.79 Å². The standard InChI is InChI=1S/C16H18N4O2/c21-16(19-10-13-4-2-1-3-5-13)20-9-6-14(12-20)22-15-11-17-7-8-18-15/h1-5,7-8,11,14H,6,9-10,12H2,(H,19,21). The molecule has 1 saturated heterocycles. The summed E-state index contributed by atoms with van der Waals surface area (Å²) in [5.41, 5.74) is 1.09. The first-order chi connectivity index (χ1) is 10.8. The molecule has 1 aliphatic rings. The molecule has 6 nitrogen and oxygen atoms in total. The third-order valence-corrected chi connectivity index (χ3v) is 3.55. The van der Waals surface area contributed by atoms with E-state index in [1.807, 2.05) is 30.3 Å². The molecular formula is C16H18N4O2. The first-order valence-electron chi connectivity index (χ1n) is 7.30. The summed E-state index contributed by atoms with van der Waals surface area (Å²) in [6.07, 6.45) is 5.55. The number of amides is 2. The second-order valence-electron chi connectivity index (χ2n) is 5.16. The second-order valence-corrected chi connectivity index (χ2v) is 5.16. The van der Waals surface area contributed by atoms with Crippen molar-refractivity contribution in [2.24, 2.45) is 0 Å². The Morgan fingerprint density at radius 3 is 2.95 bits per heavy atom. The van der Waals surface area contributed by atoms with Gasteiger partial charge in [-0.25, -0.2) is 9.78 Å². The van der Waals surface area contributed by atoms with E-state index in [-0.39, 0.29) is 12.1 Å². The predicted molar refractivity (Wildman–Crippen MR) is 81.3 cm³/mol. The minimum Gasteiger partial charge on any atom is -0.471 e. The molecule has 1 N–H and O–H groups in total. The topological polar surface area (TPSA) is 67.4 Å². The fourth-order valence-electron chi connectivity index (χ4n) is 2.41. The summed E-state index contributed by atoms with van der Waals surface area (Å²) >= 11 is 0. The van der Waals surface area contributed by atoms with Crippen LogP contribution in [0.5, 0.6) is 5.88 Å². The lowest BCUT2D eigenvalue weighted by Gasteiger charge is -2.17. The molecule has 1 aromatic carbocycles. The van der Waals surface area contributed by atoms with E-state index in [0.29, 0.717) is 25.5 Å². The smallest absolute Gasteiger partial charge is 0.317 e. The van der Waals surface area contributed by atoms with Gasteiger partial charge in [-0.2, -0.15) is 0 Å². The summed E-state index contributed by atoms with van der Waals surface area (Å²) in [6, 6.07) is 9.80. The van der Waals surface area contributed by atoms with Crippen LogP contribution in [0.4, 0.5) is 4.79 Å². The Morgan fingerprint density at radius 1 is 1.32 bits per heavy atom. The molecule has 1 fully saturated rings. The van der Waals surface area contributed by atoms with Crippen LogP contribution in [0.1, 0.15) is 12.0 Å². The quantitative estimate of drug-likeness (QED) is 0.935. The van der Waals surface area contributed by atoms with Crippen LogP contribution >= 0.6 is 0 Å². The minimum absolute atomic E-state index is 0.0285. The molecule has 0 spiro atoms. The molecule has 2 heterocycles. The van der Waals surface area contributed by atoms with E-state index in [4.69, 9.17) is 4.74 Å². The monoisotopic (exact) mass is 298 g/mol. The lowest BCUT2D eigenvalue weighted by molar-refractivity contribution is 0.182. The van der Waals surface area contributed by atoms with Gasteiger partial charge < -0.3 is 15.0 Å². The van der Waals surface area contributed by atoms with Crippen LogP contribution < -0.4 is 10.1 Å². The van der Waals surface area contributed by atoms with Crippen molar-refractivity contribution in [2.45, 2.75) is 19.1 Å². The Kier molecular flexibility index (Phi) is 4.48. The summed E-state index contributed by atoms with van der Waals surface area (Å²) in [5, 5.41) is 2.93. The van der Waals surface area contributed by atoms with Crippen LogP contribution in [0.3, 0.4) is 0 Å². The number of benzene rings is 1. The Labute approximate surface area is 129 Å². The fourth-order valence-corrected chi connectivity index (χ4v) is 2.41. The highest BCUT2D eigenvalue weighted by atomic mass is 16.5. The largest absolute Gasteiger partial charge is 0.471 e. The average Bonchev–Trinajstić information content (AvgIpc) is 3.03. The summed E-state index contributed by atoms with van der Waals surface area (Å²) < 4.78 is 5.72. The van der Waals surface area contributed by atoms with Crippen LogP contribution in [0.15, 0.2) is 48.9 Å². The number of rotatable bonds is 4. The summed E-state index contributed by atoms with van der Waals surface area (Å²) in [7, 11) is 0. The number of aromatic nitrogens is 2. The van der Waals surface area contributed by atoms with Crippen LogP contribution in [-0.4, -0.2) is 40.1 Å². The van der Waals surface area contributed by atoms with Crippen molar-refractivity contribution in [3.63, 3.8) is 0 Å². The molecule has 0 radical (unpaired) electrons. The number of nitrogens with one attached hydrogen (secondary N) is 1. The van der Waals surface area contributed by atoms with Crippen LogP contribution in [-0.2, 0) is 6.54 Å². The maximum absolute atomic E-state index is 12.1. The van der Waals surface area contributed by atoms with Gasteiger partial charge in [0.05, 0.1) is 12.7 Å². The zero-order chi connectivity index (χ0) is 15.2. The highest BCUT2D eigenvalue weighted by molar-refractivity contribution is 5.74. The maximum atomic E-state index is 12.1. The molecular weight excluding hydrogens is 280 g/mol. The summed E-state index contributed by atoms with van der Waals surface area (Å²) in [6.45, 7) is 1.79. The molecule has 2 amide bonds. The second kappa shape index (κ2) is 6.89. The molecule has 0 saturated carbocycles. The van der Waals surface area contributed by atoms with Crippen LogP contribution in [0, 0.1) is 0 Å². The zero-order valence-electron chi connectivity index (χ0n) is 12.2. The molecule has 6 heteroatoms. The number of hydrogen-bond acceptors (Lipinski definition) is 4. The van der Waals surface area contributed by atoms with E-state index in [2.05, 4.69) is 15.3 Å². The summed E-state index contributed by atoms with van der Waals surface area (Å²) in [5.74, 6) is 0.499. The lowest BCUT2D eigenvalue weighted by atomic mass is 10.2. The molecule has 1 unspecified atom stereocenters. The molecule has 0 bridgehead atoms. The van der Waals surface area contributed by atoms with Gasteiger partial charge in [0.25, 0.3) is 0 Å².